The highest BCUT2D eigenvalue weighted by atomic mass is 35.7. The molecule has 0 saturated carbocycles. The van der Waals surface area contributed by atoms with E-state index < -0.39 is 27.8 Å². The van der Waals surface area contributed by atoms with Crippen molar-refractivity contribution in [2.24, 2.45) is 0 Å². The Balaban J connectivity index is 2.87. The fourth-order valence-electron chi connectivity index (χ4n) is 1.12. The molecular weight excluding hydrogens is 250 g/mol. The highest BCUT2D eigenvalue weighted by molar-refractivity contribution is 8.13. The predicted octanol–water partition coefficient (Wildman–Crippen LogP) is 1.53. The minimum Gasteiger partial charge on any atom is -0.266 e. The van der Waals surface area contributed by atoms with Gasteiger partial charge in [-0.3, -0.25) is 4.68 Å². The summed E-state index contributed by atoms with van der Waals surface area (Å²) in [6, 6.07) is 0. The van der Waals surface area contributed by atoms with E-state index in [-0.39, 0.29) is 0 Å². The first-order valence-electron chi connectivity index (χ1n) is 4.01. The molecule has 0 aliphatic heterocycles. The molecule has 0 fully saturated rings. The van der Waals surface area contributed by atoms with Crippen molar-refractivity contribution in [1.29, 1.82) is 0 Å². The predicted molar refractivity (Wildman–Crippen MR) is 51.4 cm³/mol. The minimum absolute atomic E-state index is 0.339. The van der Waals surface area contributed by atoms with Gasteiger partial charge in [0.2, 0.25) is 9.05 Å². The molecule has 0 unspecified atom stereocenters. The molecule has 0 saturated heterocycles. The van der Waals surface area contributed by atoms with E-state index >= 15 is 0 Å². The van der Waals surface area contributed by atoms with E-state index in [0.717, 1.165) is 4.68 Å². The molecular formula is C7H9ClF2N2O2S. The lowest BCUT2D eigenvalue weighted by atomic mass is 10.3. The Labute approximate surface area is 90.3 Å². The second-order valence-electron chi connectivity index (χ2n) is 3.04. The van der Waals surface area contributed by atoms with Crippen LogP contribution in [0.25, 0.3) is 0 Å². The third-order valence-electron chi connectivity index (χ3n) is 1.70. The SMILES string of the molecule is Cc1nn(CC(F)F)cc1CS(=O)(=O)Cl. The molecule has 1 aromatic heterocycles. The van der Waals surface area contributed by atoms with Gasteiger partial charge >= 0.3 is 0 Å². The van der Waals surface area contributed by atoms with Gasteiger partial charge in [-0.1, -0.05) is 0 Å². The Kier molecular flexibility index (Phi) is 3.67. The zero-order valence-corrected chi connectivity index (χ0v) is 9.39. The van der Waals surface area contributed by atoms with E-state index in [4.69, 9.17) is 10.7 Å². The summed E-state index contributed by atoms with van der Waals surface area (Å²) in [6.45, 7) is 0.989. The van der Waals surface area contributed by atoms with Crippen molar-refractivity contribution in [2.75, 3.05) is 0 Å². The number of hydrogen-bond acceptors (Lipinski definition) is 3. The van der Waals surface area contributed by atoms with Crippen LogP contribution in [0, 0.1) is 6.92 Å². The van der Waals surface area contributed by atoms with Crippen LogP contribution in [-0.4, -0.2) is 24.6 Å². The van der Waals surface area contributed by atoms with Crippen molar-refractivity contribution in [3.8, 4) is 0 Å². The van der Waals surface area contributed by atoms with Gasteiger partial charge in [0.25, 0.3) is 6.43 Å². The van der Waals surface area contributed by atoms with Crippen LogP contribution in [0.4, 0.5) is 8.78 Å². The second-order valence-corrected chi connectivity index (χ2v) is 5.81. The van der Waals surface area contributed by atoms with Crippen molar-refractivity contribution in [3.05, 3.63) is 17.5 Å². The quantitative estimate of drug-likeness (QED) is 0.770. The Morgan fingerprint density at radius 3 is 2.67 bits per heavy atom. The molecule has 15 heavy (non-hydrogen) atoms. The summed E-state index contributed by atoms with van der Waals surface area (Å²) in [4.78, 5) is 0. The molecule has 0 atom stereocenters. The molecule has 86 valence electrons. The molecule has 8 heteroatoms. The number of aromatic nitrogens is 2. The summed E-state index contributed by atoms with van der Waals surface area (Å²) in [5, 5.41) is 3.75. The maximum absolute atomic E-state index is 12.0. The zero-order valence-electron chi connectivity index (χ0n) is 7.82. The van der Waals surface area contributed by atoms with Gasteiger partial charge in [0, 0.05) is 22.4 Å². The standard InChI is InChI=1S/C7H9ClF2N2O2S/c1-5-6(4-15(8,13)14)2-12(11-5)3-7(9)10/h2,7H,3-4H2,1H3. The minimum atomic E-state index is -3.68. The summed E-state index contributed by atoms with van der Waals surface area (Å²) in [5.41, 5.74) is 0.727. The van der Waals surface area contributed by atoms with Gasteiger partial charge in [0.05, 0.1) is 11.4 Å². The first kappa shape index (κ1) is 12.4. The molecule has 1 heterocycles. The maximum Gasteiger partial charge on any atom is 0.257 e. The fourth-order valence-corrected chi connectivity index (χ4v) is 2.13. The van der Waals surface area contributed by atoms with Gasteiger partial charge in [-0.2, -0.15) is 5.10 Å². The lowest BCUT2D eigenvalue weighted by molar-refractivity contribution is 0.121. The molecule has 0 radical (unpaired) electrons. The van der Waals surface area contributed by atoms with Gasteiger partial charge in [-0.15, -0.1) is 0 Å². The molecule has 1 aromatic rings. The summed E-state index contributed by atoms with van der Waals surface area (Å²) in [6.07, 6.45) is -1.26. The van der Waals surface area contributed by atoms with Gasteiger partial charge in [-0.25, -0.2) is 17.2 Å². The number of rotatable bonds is 4. The molecule has 1 rings (SSSR count). The number of hydrogen-bond donors (Lipinski definition) is 0. The van der Waals surface area contributed by atoms with Crippen LogP contribution in [0.3, 0.4) is 0 Å². The van der Waals surface area contributed by atoms with E-state index in [2.05, 4.69) is 5.10 Å². The van der Waals surface area contributed by atoms with Crippen LogP contribution >= 0.6 is 10.7 Å². The monoisotopic (exact) mass is 258 g/mol. The summed E-state index contributed by atoms with van der Waals surface area (Å²) in [5.74, 6) is -0.399. The normalized spacial score (nSPS) is 12.3. The van der Waals surface area contributed by atoms with Gasteiger partial charge < -0.3 is 0 Å². The zero-order chi connectivity index (χ0) is 11.6. The molecule has 0 N–H and O–H groups in total. The number of aryl methyl sites for hydroxylation is 1. The lowest BCUT2D eigenvalue weighted by Gasteiger charge is -1.97. The third-order valence-corrected chi connectivity index (χ3v) is 2.68. The Bertz CT molecular complexity index is 444. The summed E-state index contributed by atoms with van der Waals surface area (Å²) >= 11 is 0. The van der Waals surface area contributed by atoms with Crippen LogP contribution in [0.1, 0.15) is 11.3 Å². The van der Waals surface area contributed by atoms with Crippen LogP contribution in [0.2, 0.25) is 0 Å². The molecule has 4 nitrogen and oxygen atoms in total. The largest absolute Gasteiger partial charge is 0.266 e. The maximum atomic E-state index is 12.0. The molecule has 0 aliphatic rings. The van der Waals surface area contributed by atoms with E-state index in [0.29, 0.717) is 11.3 Å². The second kappa shape index (κ2) is 4.44. The number of halogens is 3. The van der Waals surface area contributed by atoms with Gasteiger partial charge in [0.15, 0.2) is 0 Å². The van der Waals surface area contributed by atoms with Crippen molar-refractivity contribution in [2.45, 2.75) is 25.6 Å². The average molecular weight is 259 g/mol. The molecule has 0 aromatic carbocycles. The molecule has 0 aliphatic carbocycles. The van der Waals surface area contributed by atoms with Crippen molar-refractivity contribution >= 4 is 19.7 Å². The smallest absolute Gasteiger partial charge is 0.257 e. The Hall–Kier alpha value is -0.690. The van der Waals surface area contributed by atoms with E-state index in [1.807, 2.05) is 0 Å². The van der Waals surface area contributed by atoms with Crippen molar-refractivity contribution in [1.82, 2.24) is 9.78 Å². The van der Waals surface area contributed by atoms with Crippen LogP contribution in [0.15, 0.2) is 6.20 Å². The lowest BCUT2D eigenvalue weighted by Crippen LogP contribution is -2.06. The van der Waals surface area contributed by atoms with E-state index in [9.17, 15) is 17.2 Å². The van der Waals surface area contributed by atoms with E-state index in [1.165, 1.54) is 6.20 Å². The average Bonchev–Trinajstić information content (AvgIpc) is 2.26. The van der Waals surface area contributed by atoms with Crippen LogP contribution in [-0.2, 0) is 21.3 Å². The highest BCUT2D eigenvalue weighted by Crippen LogP contribution is 2.13. The van der Waals surface area contributed by atoms with Crippen molar-refractivity contribution in [3.63, 3.8) is 0 Å². The van der Waals surface area contributed by atoms with Crippen molar-refractivity contribution < 1.29 is 17.2 Å². The Morgan fingerprint density at radius 2 is 2.20 bits per heavy atom. The first-order valence-corrected chi connectivity index (χ1v) is 6.49. The molecule has 0 amide bonds. The summed E-state index contributed by atoms with van der Waals surface area (Å²) in [7, 11) is 1.36. The third kappa shape index (κ3) is 4.13. The number of nitrogens with zero attached hydrogens (tertiary/aromatic N) is 2. The van der Waals surface area contributed by atoms with Crippen LogP contribution in [0.5, 0.6) is 0 Å². The highest BCUT2D eigenvalue weighted by Gasteiger charge is 2.14. The molecule has 0 bridgehead atoms. The van der Waals surface area contributed by atoms with E-state index in [1.54, 1.807) is 6.92 Å². The van der Waals surface area contributed by atoms with Crippen LogP contribution < -0.4 is 0 Å². The Morgan fingerprint density at radius 1 is 1.60 bits per heavy atom. The summed E-state index contributed by atoms with van der Waals surface area (Å²) < 4.78 is 46.5. The van der Waals surface area contributed by atoms with Gasteiger partial charge in [-0.05, 0) is 6.92 Å². The fraction of sp³-hybridized carbons (Fsp3) is 0.571. The molecule has 0 spiro atoms. The topological polar surface area (TPSA) is 52.0 Å². The van der Waals surface area contributed by atoms with Gasteiger partial charge in [0.1, 0.15) is 6.54 Å². The number of alkyl halides is 2. The first-order chi connectivity index (χ1) is 6.78.